The van der Waals surface area contributed by atoms with Crippen LogP contribution in [0.5, 0.6) is 0 Å². The third kappa shape index (κ3) is 3.55. The maximum atomic E-state index is 8.74. The van der Waals surface area contributed by atoms with Gasteiger partial charge in [0.05, 0.1) is 0 Å². The second-order valence-electron chi connectivity index (χ2n) is 8.96. The van der Waals surface area contributed by atoms with Crippen molar-refractivity contribution in [3.8, 4) is 11.3 Å². The second kappa shape index (κ2) is 6.35. The minimum Gasteiger partial charge on any atom is -0.201 e. The highest BCUT2D eigenvalue weighted by atomic mass is 14.9. The molecule has 0 bridgehead atoms. The summed E-state index contributed by atoms with van der Waals surface area (Å²) in [6, 6.07) is 11.0. The van der Waals surface area contributed by atoms with E-state index in [1.54, 1.807) is 0 Å². The summed E-state index contributed by atoms with van der Waals surface area (Å²) in [7, 11) is 2.01. The maximum absolute atomic E-state index is 8.74. The molecular weight excluding hydrogens is 290 g/mol. The Morgan fingerprint density at radius 3 is 2.08 bits per heavy atom. The van der Waals surface area contributed by atoms with Gasteiger partial charge in [0.2, 0.25) is 5.69 Å². The molecule has 0 aliphatic rings. The zero-order valence-electron chi connectivity index (χ0n) is 17.9. The summed E-state index contributed by atoms with van der Waals surface area (Å²) in [5.41, 5.74) is 6.11. The molecular formula is C23H34N+. The third-order valence-corrected chi connectivity index (χ3v) is 5.57. The van der Waals surface area contributed by atoms with E-state index in [0.29, 0.717) is 12.1 Å². The highest BCUT2D eigenvalue weighted by Crippen LogP contribution is 2.32. The van der Waals surface area contributed by atoms with Gasteiger partial charge in [0.15, 0.2) is 6.17 Å². The molecule has 0 fully saturated rings. The molecule has 1 heterocycles. The van der Waals surface area contributed by atoms with Crippen LogP contribution in [0.15, 0.2) is 36.5 Å². The van der Waals surface area contributed by atoms with Crippen molar-refractivity contribution in [1.82, 2.24) is 0 Å². The van der Waals surface area contributed by atoms with Crippen molar-refractivity contribution >= 4 is 0 Å². The van der Waals surface area contributed by atoms with Gasteiger partial charge in [-0.2, -0.15) is 0 Å². The van der Waals surface area contributed by atoms with E-state index in [0.717, 1.165) is 11.3 Å². The van der Waals surface area contributed by atoms with E-state index in [-0.39, 0.29) is 10.8 Å². The lowest BCUT2D eigenvalue weighted by Gasteiger charge is -2.28. The summed E-state index contributed by atoms with van der Waals surface area (Å²) < 4.78 is 10.8. The topological polar surface area (TPSA) is 3.88 Å². The molecule has 1 heteroatoms. The lowest BCUT2D eigenvalue weighted by molar-refractivity contribution is -0.661. The molecule has 0 N–H and O–H groups in total. The Hall–Kier alpha value is -1.63. The van der Waals surface area contributed by atoms with Crippen LogP contribution in [0.3, 0.4) is 0 Å². The normalized spacial score (nSPS) is 13.3. The molecule has 1 aromatic carbocycles. The first-order valence-electron chi connectivity index (χ1n) is 9.49. The molecule has 130 valence electrons. The standard InChI is InChI=1S/C23H34N/c1-16(2)23(7,8)19-12-13-21(24(9)15-19)20-14-18(22(4,5)6)11-10-17(20)3/h10-16H,1-9H3/q+1/i15D. The molecule has 2 aromatic rings. The van der Waals surface area contributed by atoms with E-state index in [1.807, 2.05) is 11.6 Å². The Morgan fingerprint density at radius 1 is 0.958 bits per heavy atom. The predicted molar refractivity (Wildman–Crippen MR) is 104 cm³/mol. The highest BCUT2D eigenvalue weighted by Gasteiger charge is 2.28. The number of pyridine rings is 1. The van der Waals surface area contributed by atoms with Crippen LogP contribution < -0.4 is 4.57 Å². The first-order valence-corrected chi connectivity index (χ1v) is 8.99. The summed E-state index contributed by atoms with van der Waals surface area (Å²) in [5.74, 6) is 0.480. The van der Waals surface area contributed by atoms with Crippen molar-refractivity contribution in [2.45, 2.75) is 66.2 Å². The van der Waals surface area contributed by atoms with E-state index >= 15 is 0 Å². The Kier molecular flexibility index (Phi) is 4.55. The largest absolute Gasteiger partial charge is 0.212 e. The summed E-state index contributed by atoms with van der Waals surface area (Å²) >= 11 is 0. The number of hydrogen-bond donors (Lipinski definition) is 0. The monoisotopic (exact) mass is 325 g/mol. The van der Waals surface area contributed by atoms with Gasteiger partial charge >= 0.3 is 0 Å². The molecule has 24 heavy (non-hydrogen) atoms. The maximum Gasteiger partial charge on any atom is 0.212 e. The SMILES string of the molecule is [2H]c1c(C(C)(C)C(C)C)ccc(-c2cc(C(C)(C)C)ccc2C)[n+]1C. The van der Waals surface area contributed by atoms with Crippen molar-refractivity contribution in [3.63, 3.8) is 0 Å². The van der Waals surface area contributed by atoms with Gasteiger partial charge in [0, 0.05) is 17.2 Å². The average Bonchev–Trinajstić information content (AvgIpc) is 2.49. The molecule has 0 spiro atoms. The number of benzene rings is 1. The van der Waals surface area contributed by atoms with Crippen LogP contribution >= 0.6 is 0 Å². The molecule has 1 nitrogen and oxygen atoms in total. The summed E-state index contributed by atoms with van der Waals surface area (Å²) in [6.45, 7) is 17.8. The number of aromatic nitrogens is 1. The molecule has 0 saturated heterocycles. The van der Waals surface area contributed by atoms with Crippen LogP contribution in [0.2, 0.25) is 0 Å². The van der Waals surface area contributed by atoms with E-state index in [9.17, 15) is 0 Å². The quantitative estimate of drug-likeness (QED) is 0.636. The molecule has 0 aliphatic heterocycles. The molecule has 0 amide bonds. The molecule has 0 atom stereocenters. The van der Waals surface area contributed by atoms with Crippen molar-refractivity contribution < 1.29 is 5.94 Å². The van der Waals surface area contributed by atoms with Crippen LogP contribution in [0.4, 0.5) is 0 Å². The molecule has 2 rings (SSSR count). The Bertz CT molecular complexity index is 779. The van der Waals surface area contributed by atoms with Gasteiger partial charge in [-0.05, 0) is 46.9 Å². The third-order valence-electron chi connectivity index (χ3n) is 5.57. The van der Waals surface area contributed by atoms with E-state index < -0.39 is 0 Å². The zero-order chi connectivity index (χ0) is 19.2. The fraction of sp³-hybridized carbons (Fsp3) is 0.522. The van der Waals surface area contributed by atoms with Crippen molar-refractivity contribution in [3.05, 3.63) is 53.2 Å². The van der Waals surface area contributed by atoms with Gasteiger partial charge < -0.3 is 0 Å². The smallest absolute Gasteiger partial charge is 0.201 e. The van der Waals surface area contributed by atoms with Gasteiger partial charge in [0.1, 0.15) is 8.42 Å². The van der Waals surface area contributed by atoms with E-state index in [4.69, 9.17) is 1.37 Å². The number of rotatable bonds is 3. The zero-order valence-corrected chi connectivity index (χ0v) is 16.9. The Morgan fingerprint density at radius 2 is 1.54 bits per heavy atom. The first kappa shape index (κ1) is 17.2. The van der Waals surface area contributed by atoms with Gasteiger partial charge in [-0.1, -0.05) is 60.6 Å². The van der Waals surface area contributed by atoms with Crippen LogP contribution in [0, 0.1) is 12.8 Å². The van der Waals surface area contributed by atoms with Gasteiger partial charge in [-0.25, -0.2) is 4.57 Å². The van der Waals surface area contributed by atoms with Crippen LogP contribution in [0.25, 0.3) is 11.3 Å². The minimum absolute atomic E-state index is 0.0182. The first-order chi connectivity index (χ1) is 11.4. The fourth-order valence-electron chi connectivity index (χ4n) is 2.86. The second-order valence-corrected chi connectivity index (χ2v) is 8.96. The lowest BCUT2D eigenvalue weighted by atomic mass is 9.76. The summed E-state index contributed by atoms with van der Waals surface area (Å²) in [6.07, 6.45) is 0.608. The lowest BCUT2D eigenvalue weighted by Crippen LogP contribution is -2.35. The van der Waals surface area contributed by atoms with Gasteiger partial charge in [-0.15, -0.1) is 0 Å². The molecule has 1 aromatic heterocycles. The van der Waals surface area contributed by atoms with Crippen molar-refractivity contribution in [2.75, 3.05) is 0 Å². The number of hydrogen-bond acceptors (Lipinski definition) is 0. The van der Waals surface area contributed by atoms with Crippen LogP contribution in [-0.4, -0.2) is 0 Å². The Balaban J connectivity index is 2.65. The predicted octanol–water partition coefficient (Wildman–Crippen LogP) is 5.72. The molecule has 0 aliphatic carbocycles. The summed E-state index contributed by atoms with van der Waals surface area (Å²) in [5, 5.41) is 0. The molecule has 0 unspecified atom stereocenters. The summed E-state index contributed by atoms with van der Waals surface area (Å²) in [4.78, 5) is 0. The van der Waals surface area contributed by atoms with E-state index in [2.05, 4.69) is 85.7 Å². The van der Waals surface area contributed by atoms with Crippen molar-refractivity contribution in [2.24, 2.45) is 13.0 Å². The highest BCUT2D eigenvalue weighted by molar-refractivity contribution is 5.62. The van der Waals surface area contributed by atoms with E-state index in [1.165, 1.54) is 16.7 Å². The number of aryl methyl sites for hydroxylation is 1. The number of nitrogens with zero attached hydrogens (tertiary/aromatic N) is 1. The minimum atomic E-state index is -0.0182. The van der Waals surface area contributed by atoms with Crippen LogP contribution in [-0.2, 0) is 17.9 Å². The van der Waals surface area contributed by atoms with Gasteiger partial charge in [-0.3, -0.25) is 0 Å². The van der Waals surface area contributed by atoms with Crippen LogP contribution in [0.1, 0.15) is 66.5 Å². The average molecular weight is 326 g/mol. The Labute approximate surface area is 150 Å². The molecule has 0 radical (unpaired) electrons. The molecule has 0 saturated carbocycles. The van der Waals surface area contributed by atoms with Gasteiger partial charge in [0.25, 0.3) is 0 Å². The van der Waals surface area contributed by atoms with Crippen molar-refractivity contribution in [1.29, 1.82) is 0 Å². The fourth-order valence-corrected chi connectivity index (χ4v) is 2.86.